The Kier molecular flexibility index (Phi) is 2.90. The molecule has 0 atom stereocenters. The number of hydrogen-bond acceptors (Lipinski definition) is 3. The van der Waals surface area contributed by atoms with Gasteiger partial charge in [-0.1, -0.05) is 0 Å². The number of nitrogens with one attached hydrogen (secondary N) is 2. The number of aromatic amines is 1. The molecule has 1 amide bonds. The van der Waals surface area contributed by atoms with Gasteiger partial charge in [0.05, 0.1) is 6.07 Å². The molecule has 1 heterocycles. The van der Waals surface area contributed by atoms with Crippen molar-refractivity contribution in [3.05, 3.63) is 34.2 Å². The van der Waals surface area contributed by atoms with Crippen LogP contribution in [0.25, 0.3) is 0 Å². The fourth-order valence-corrected chi connectivity index (χ4v) is 0.970. The van der Waals surface area contributed by atoms with Gasteiger partial charge in [0.15, 0.2) is 0 Å². The van der Waals surface area contributed by atoms with E-state index in [1.54, 1.807) is 13.8 Å². The molecule has 5 nitrogen and oxygen atoms in total. The van der Waals surface area contributed by atoms with Gasteiger partial charge in [-0.15, -0.1) is 0 Å². The van der Waals surface area contributed by atoms with Crippen molar-refractivity contribution in [1.29, 1.82) is 5.26 Å². The molecule has 0 fully saturated rings. The van der Waals surface area contributed by atoms with Gasteiger partial charge >= 0.3 is 0 Å². The SMILES string of the molecule is CC(C)(C#N)NC(=O)c1cc[nH]c(=O)c1. The van der Waals surface area contributed by atoms with Gasteiger partial charge in [-0.2, -0.15) is 5.26 Å². The zero-order valence-corrected chi connectivity index (χ0v) is 8.50. The molecule has 1 rings (SSSR count). The Morgan fingerprint density at radius 1 is 1.60 bits per heavy atom. The first-order valence-electron chi connectivity index (χ1n) is 4.37. The lowest BCUT2D eigenvalue weighted by Crippen LogP contribution is -2.42. The highest BCUT2D eigenvalue weighted by atomic mass is 16.2. The molecule has 1 aromatic rings. The van der Waals surface area contributed by atoms with Crippen LogP contribution in [0.2, 0.25) is 0 Å². The summed E-state index contributed by atoms with van der Waals surface area (Å²) >= 11 is 0. The Hall–Kier alpha value is -2.09. The summed E-state index contributed by atoms with van der Waals surface area (Å²) in [5.74, 6) is -0.437. The van der Waals surface area contributed by atoms with Crippen LogP contribution in [0.1, 0.15) is 24.2 Å². The molecule has 0 radical (unpaired) electrons. The molecular formula is C10H11N3O2. The van der Waals surface area contributed by atoms with Crippen LogP contribution in [0.5, 0.6) is 0 Å². The minimum absolute atomic E-state index is 0.238. The molecular weight excluding hydrogens is 194 g/mol. The van der Waals surface area contributed by atoms with Crippen LogP contribution in [-0.2, 0) is 0 Å². The van der Waals surface area contributed by atoms with Crippen LogP contribution < -0.4 is 10.9 Å². The number of hydrogen-bond donors (Lipinski definition) is 2. The zero-order chi connectivity index (χ0) is 11.5. The highest BCUT2D eigenvalue weighted by molar-refractivity contribution is 5.94. The number of H-pyrrole nitrogens is 1. The van der Waals surface area contributed by atoms with Crippen molar-refractivity contribution in [1.82, 2.24) is 10.3 Å². The van der Waals surface area contributed by atoms with Crippen LogP contribution in [0.3, 0.4) is 0 Å². The number of aromatic nitrogens is 1. The van der Waals surface area contributed by atoms with Gasteiger partial charge in [-0.05, 0) is 19.9 Å². The fourth-order valence-electron chi connectivity index (χ4n) is 0.970. The minimum atomic E-state index is -0.945. The van der Waals surface area contributed by atoms with E-state index in [0.29, 0.717) is 0 Å². The van der Waals surface area contributed by atoms with E-state index in [0.717, 1.165) is 0 Å². The number of carbonyl (C=O) groups excluding carboxylic acids is 1. The Morgan fingerprint density at radius 2 is 2.27 bits per heavy atom. The standard InChI is InChI=1S/C10H11N3O2/c1-10(2,6-11)13-9(15)7-3-4-12-8(14)5-7/h3-5H,1-2H3,(H,12,14)(H,13,15). The predicted molar refractivity (Wildman–Crippen MR) is 54.2 cm³/mol. The number of nitrogens with zero attached hydrogens (tertiary/aromatic N) is 1. The minimum Gasteiger partial charge on any atom is -0.334 e. The van der Waals surface area contributed by atoms with Crippen molar-refractivity contribution in [3.8, 4) is 6.07 Å². The van der Waals surface area contributed by atoms with Crippen molar-refractivity contribution in [3.63, 3.8) is 0 Å². The van der Waals surface area contributed by atoms with Gasteiger partial charge in [-0.3, -0.25) is 9.59 Å². The molecule has 0 spiro atoms. The Bertz CT molecular complexity index is 468. The second kappa shape index (κ2) is 3.96. The molecule has 15 heavy (non-hydrogen) atoms. The lowest BCUT2D eigenvalue weighted by atomic mass is 10.1. The highest BCUT2D eigenvalue weighted by Gasteiger charge is 2.20. The van der Waals surface area contributed by atoms with Gasteiger partial charge in [0.2, 0.25) is 5.56 Å². The van der Waals surface area contributed by atoms with E-state index >= 15 is 0 Å². The number of amides is 1. The first-order chi connectivity index (χ1) is 6.94. The lowest BCUT2D eigenvalue weighted by molar-refractivity contribution is 0.0929. The molecule has 0 aliphatic carbocycles. The van der Waals surface area contributed by atoms with Crippen LogP contribution in [0.15, 0.2) is 23.1 Å². The Morgan fingerprint density at radius 3 is 2.80 bits per heavy atom. The first kappa shape index (κ1) is 11.0. The molecule has 0 saturated carbocycles. The maximum atomic E-state index is 11.6. The summed E-state index contributed by atoms with van der Waals surface area (Å²) in [7, 11) is 0. The highest BCUT2D eigenvalue weighted by Crippen LogP contribution is 2.02. The maximum absolute atomic E-state index is 11.6. The van der Waals surface area contributed by atoms with E-state index in [1.807, 2.05) is 6.07 Å². The molecule has 0 aromatic carbocycles. The van der Waals surface area contributed by atoms with Crippen LogP contribution >= 0.6 is 0 Å². The van der Waals surface area contributed by atoms with E-state index in [1.165, 1.54) is 18.3 Å². The summed E-state index contributed by atoms with van der Waals surface area (Å²) in [6.45, 7) is 3.16. The average molecular weight is 205 g/mol. The third-order valence-corrected chi connectivity index (χ3v) is 1.74. The second-order valence-corrected chi connectivity index (χ2v) is 3.63. The van der Waals surface area contributed by atoms with E-state index in [4.69, 9.17) is 5.26 Å². The van der Waals surface area contributed by atoms with Crippen molar-refractivity contribution in [2.75, 3.05) is 0 Å². The zero-order valence-electron chi connectivity index (χ0n) is 8.50. The average Bonchev–Trinajstić information content (AvgIpc) is 2.17. The summed E-state index contributed by atoms with van der Waals surface area (Å²) in [6, 6.07) is 4.60. The third kappa shape index (κ3) is 2.95. The van der Waals surface area contributed by atoms with E-state index in [2.05, 4.69) is 10.3 Å². The van der Waals surface area contributed by atoms with Gasteiger partial charge in [0, 0.05) is 17.8 Å². The lowest BCUT2D eigenvalue weighted by Gasteiger charge is -2.17. The van der Waals surface area contributed by atoms with Gasteiger partial charge in [0.1, 0.15) is 5.54 Å². The fraction of sp³-hybridized carbons (Fsp3) is 0.300. The first-order valence-corrected chi connectivity index (χ1v) is 4.37. The number of carbonyl (C=O) groups is 1. The van der Waals surface area contributed by atoms with Crippen LogP contribution in [-0.4, -0.2) is 16.4 Å². The summed E-state index contributed by atoms with van der Waals surface area (Å²) in [6.07, 6.45) is 1.39. The van der Waals surface area contributed by atoms with Crippen molar-refractivity contribution >= 4 is 5.91 Å². The maximum Gasteiger partial charge on any atom is 0.252 e. The predicted octanol–water partition coefficient (Wildman–Crippen LogP) is 0.407. The normalized spacial score (nSPS) is 10.5. The smallest absolute Gasteiger partial charge is 0.252 e. The molecule has 0 bridgehead atoms. The van der Waals surface area contributed by atoms with Gasteiger partial charge in [0.25, 0.3) is 5.91 Å². The quantitative estimate of drug-likeness (QED) is 0.733. The van der Waals surface area contributed by atoms with Crippen LogP contribution in [0.4, 0.5) is 0 Å². The molecule has 0 aliphatic heterocycles. The second-order valence-electron chi connectivity index (χ2n) is 3.63. The molecule has 5 heteroatoms. The number of pyridine rings is 1. The summed E-state index contributed by atoms with van der Waals surface area (Å²) in [4.78, 5) is 24.9. The Balaban J connectivity index is 2.89. The summed E-state index contributed by atoms with van der Waals surface area (Å²) in [5, 5.41) is 11.2. The largest absolute Gasteiger partial charge is 0.334 e. The number of rotatable bonds is 2. The summed E-state index contributed by atoms with van der Waals surface area (Å²) in [5.41, 5.74) is -1.06. The van der Waals surface area contributed by atoms with Crippen molar-refractivity contribution in [2.45, 2.75) is 19.4 Å². The van der Waals surface area contributed by atoms with E-state index < -0.39 is 11.4 Å². The van der Waals surface area contributed by atoms with Crippen LogP contribution in [0, 0.1) is 11.3 Å². The molecule has 0 saturated heterocycles. The molecule has 78 valence electrons. The van der Waals surface area contributed by atoms with Gasteiger partial charge in [-0.25, -0.2) is 0 Å². The van der Waals surface area contributed by atoms with E-state index in [9.17, 15) is 9.59 Å². The monoisotopic (exact) mass is 205 g/mol. The third-order valence-electron chi connectivity index (χ3n) is 1.74. The topological polar surface area (TPSA) is 85.8 Å². The molecule has 0 aliphatic rings. The summed E-state index contributed by atoms with van der Waals surface area (Å²) < 4.78 is 0. The molecule has 0 unspecified atom stereocenters. The molecule has 2 N–H and O–H groups in total. The molecule has 1 aromatic heterocycles. The van der Waals surface area contributed by atoms with Crippen molar-refractivity contribution < 1.29 is 4.79 Å². The number of nitriles is 1. The van der Waals surface area contributed by atoms with Crippen molar-refractivity contribution in [2.24, 2.45) is 0 Å². The van der Waals surface area contributed by atoms with E-state index in [-0.39, 0.29) is 11.1 Å². The van der Waals surface area contributed by atoms with Gasteiger partial charge < -0.3 is 10.3 Å². The Labute approximate surface area is 86.7 Å².